The Labute approximate surface area is 222 Å². The maximum atomic E-state index is 12.2. The van der Waals surface area contributed by atoms with Crippen molar-refractivity contribution in [3.63, 3.8) is 0 Å². The third-order valence-electron chi connectivity index (χ3n) is 5.28. The summed E-state index contributed by atoms with van der Waals surface area (Å²) in [5.74, 6) is 2.90. The maximum Gasteiger partial charge on any atom is 0.282 e. The van der Waals surface area contributed by atoms with Gasteiger partial charge in [0.25, 0.3) is 11.6 Å². The summed E-state index contributed by atoms with van der Waals surface area (Å²) in [5, 5.41) is 15.5. The van der Waals surface area contributed by atoms with Crippen molar-refractivity contribution in [3.05, 3.63) is 93.5 Å². The van der Waals surface area contributed by atoms with Gasteiger partial charge in [0.1, 0.15) is 12.4 Å². The molecule has 0 radical (unpaired) electrons. The molecular formula is C26H25N3O6S2. The molecule has 1 aliphatic heterocycles. The second kappa shape index (κ2) is 13.0. The highest BCUT2D eigenvalue weighted by atomic mass is 32.2. The van der Waals surface area contributed by atoms with E-state index in [1.165, 1.54) is 31.0 Å². The van der Waals surface area contributed by atoms with Crippen molar-refractivity contribution in [2.24, 2.45) is 5.10 Å². The van der Waals surface area contributed by atoms with Gasteiger partial charge in [0.2, 0.25) is 0 Å². The van der Waals surface area contributed by atoms with Gasteiger partial charge < -0.3 is 14.2 Å². The molecular weight excluding hydrogens is 514 g/mol. The largest absolute Gasteiger partial charge is 0.493 e. The summed E-state index contributed by atoms with van der Waals surface area (Å²) >= 11 is 3.84. The number of methoxy groups -OCH3 is 1. The number of thioether (sulfide) groups is 2. The molecule has 1 saturated heterocycles. The van der Waals surface area contributed by atoms with Crippen LogP contribution in [0.5, 0.6) is 17.2 Å². The molecule has 1 aliphatic rings. The van der Waals surface area contributed by atoms with E-state index >= 15 is 0 Å². The molecule has 4 rings (SSSR count). The predicted octanol–water partition coefficient (Wildman–Crippen LogP) is 5.19. The number of ether oxygens (including phenoxy) is 3. The topological polar surface area (TPSA) is 112 Å². The van der Waals surface area contributed by atoms with Gasteiger partial charge in [-0.15, -0.1) is 23.5 Å². The number of nitrogens with one attached hydrogen (secondary N) is 1. The fourth-order valence-electron chi connectivity index (χ4n) is 3.46. The van der Waals surface area contributed by atoms with Gasteiger partial charge in [0.05, 0.1) is 34.5 Å². The SMILES string of the molecule is COc1cc(/C=N\NC(=O)COc2ccc(C3SCCS3)cc2)c([N+](=O)[O-])cc1OCc1ccccc1. The third kappa shape index (κ3) is 7.40. The number of rotatable bonds is 11. The second-order valence-corrected chi connectivity index (χ2v) is 10.5. The second-order valence-electron chi connectivity index (χ2n) is 7.82. The van der Waals surface area contributed by atoms with E-state index in [0.29, 0.717) is 16.1 Å². The van der Waals surface area contributed by atoms with Crippen molar-refractivity contribution in [2.75, 3.05) is 25.2 Å². The van der Waals surface area contributed by atoms with Crippen LogP contribution in [0.4, 0.5) is 5.69 Å². The number of hydrogen-bond donors (Lipinski definition) is 1. The molecule has 0 spiro atoms. The Hall–Kier alpha value is -3.70. The minimum absolute atomic E-state index is 0.147. The van der Waals surface area contributed by atoms with Crippen LogP contribution >= 0.6 is 23.5 Å². The zero-order chi connectivity index (χ0) is 26.0. The van der Waals surface area contributed by atoms with Gasteiger partial charge in [-0.05, 0) is 29.3 Å². The molecule has 37 heavy (non-hydrogen) atoms. The summed E-state index contributed by atoms with van der Waals surface area (Å²) < 4.78 is 17.1. The molecule has 0 unspecified atom stereocenters. The van der Waals surface area contributed by atoms with Crippen LogP contribution in [0.1, 0.15) is 21.3 Å². The Morgan fingerprint density at radius 2 is 1.81 bits per heavy atom. The molecule has 1 fully saturated rings. The minimum atomic E-state index is -0.548. The number of hydrazone groups is 1. The van der Waals surface area contributed by atoms with Gasteiger partial charge in [-0.1, -0.05) is 42.5 Å². The van der Waals surface area contributed by atoms with Crippen LogP contribution in [-0.4, -0.2) is 42.3 Å². The Morgan fingerprint density at radius 3 is 2.49 bits per heavy atom. The number of benzene rings is 3. The first-order valence-electron chi connectivity index (χ1n) is 11.3. The number of amides is 1. The third-order valence-corrected chi connectivity index (χ3v) is 8.39. The summed E-state index contributed by atoms with van der Waals surface area (Å²) in [6.45, 7) is -0.0274. The lowest BCUT2D eigenvalue weighted by Crippen LogP contribution is -2.24. The van der Waals surface area contributed by atoms with Crippen molar-refractivity contribution in [2.45, 2.75) is 11.2 Å². The molecule has 11 heteroatoms. The summed E-state index contributed by atoms with van der Waals surface area (Å²) in [7, 11) is 1.44. The van der Waals surface area contributed by atoms with E-state index in [-0.39, 0.29) is 30.2 Å². The highest BCUT2D eigenvalue weighted by Gasteiger charge is 2.20. The lowest BCUT2D eigenvalue weighted by atomic mass is 10.1. The summed E-state index contributed by atoms with van der Waals surface area (Å²) in [6.07, 6.45) is 1.19. The quantitative estimate of drug-likeness (QED) is 0.201. The fourth-order valence-corrected chi connectivity index (χ4v) is 6.32. The van der Waals surface area contributed by atoms with E-state index in [2.05, 4.69) is 10.5 Å². The Balaban J connectivity index is 1.34. The molecule has 192 valence electrons. The number of carbonyl (C=O) groups is 1. The van der Waals surface area contributed by atoms with Crippen LogP contribution in [0, 0.1) is 10.1 Å². The predicted molar refractivity (Wildman–Crippen MR) is 146 cm³/mol. The van der Waals surface area contributed by atoms with Gasteiger partial charge in [-0.3, -0.25) is 14.9 Å². The molecule has 3 aromatic carbocycles. The standard InChI is InChI=1S/C26H25N3O6S2/c1-33-23-13-20(22(29(31)32)14-24(23)35-16-18-5-3-2-4-6-18)15-27-28-25(30)17-34-21-9-7-19(8-10-21)26-36-11-12-37-26/h2-10,13-15,26H,11-12,16-17H2,1H3,(H,28,30)/b27-15-. The lowest BCUT2D eigenvalue weighted by molar-refractivity contribution is -0.385. The van der Waals surface area contributed by atoms with E-state index in [1.807, 2.05) is 78.1 Å². The van der Waals surface area contributed by atoms with E-state index in [0.717, 1.165) is 17.1 Å². The summed E-state index contributed by atoms with van der Waals surface area (Å²) in [5.41, 5.74) is 4.37. The molecule has 0 aromatic heterocycles. The highest BCUT2D eigenvalue weighted by molar-refractivity contribution is 8.19. The van der Waals surface area contributed by atoms with Gasteiger partial charge in [-0.2, -0.15) is 5.10 Å². The first kappa shape index (κ1) is 26.4. The van der Waals surface area contributed by atoms with Crippen LogP contribution in [-0.2, 0) is 11.4 Å². The monoisotopic (exact) mass is 539 g/mol. The van der Waals surface area contributed by atoms with Gasteiger partial charge in [-0.25, -0.2) is 5.43 Å². The van der Waals surface area contributed by atoms with Gasteiger partial charge >= 0.3 is 0 Å². The summed E-state index contributed by atoms with van der Waals surface area (Å²) in [4.78, 5) is 23.3. The van der Waals surface area contributed by atoms with Crippen molar-refractivity contribution < 1.29 is 23.9 Å². The molecule has 1 N–H and O–H groups in total. The zero-order valence-electron chi connectivity index (χ0n) is 20.0. The van der Waals surface area contributed by atoms with Crippen LogP contribution in [0.3, 0.4) is 0 Å². The van der Waals surface area contributed by atoms with Gasteiger partial charge in [0.15, 0.2) is 18.1 Å². The summed E-state index contributed by atoms with van der Waals surface area (Å²) in [6, 6.07) is 19.8. The fraction of sp³-hybridized carbons (Fsp3) is 0.231. The zero-order valence-corrected chi connectivity index (χ0v) is 21.6. The first-order chi connectivity index (χ1) is 18.0. The Kier molecular flexibility index (Phi) is 9.28. The molecule has 9 nitrogen and oxygen atoms in total. The number of nitro groups is 1. The average Bonchev–Trinajstić information content (AvgIpc) is 3.47. The van der Waals surface area contributed by atoms with Crippen molar-refractivity contribution in [1.29, 1.82) is 0 Å². The van der Waals surface area contributed by atoms with E-state index in [9.17, 15) is 14.9 Å². The minimum Gasteiger partial charge on any atom is -0.493 e. The van der Waals surface area contributed by atoms with Crippen LogP contribution < -0.4 is 19.6 Å². The molecule has 1 heterocycles. The Bertz CT molecular complexity index is 1250. The lowest BCUT2D eigenvalue weighted by Gasteiger charge is -2.12. The van der Waals surface area contributed by atoms with Crippen molar-refractivity contribution in [3.8, 4) is 17.2 Å². The molecule has 0 bridgehead atoms. The normalized spacial score (nSPS) is 13.4. The van der Waals surface area contributed by atoms with Gasteiger partial charge in [0, 0.05) is 11.5 Å². The van der Waals surface area contributed by atoms with E-state index in [1.54, 1.807) is 0 Å². The molecule has 1 amide bonds. The molecule has 0 aliphatic carbocycles. The van der Waals surface area contributed by atoms with Crippen LogP contribution in [0.2, 0.25) is 0 Å². The molecule has 0 atom stereocenters. The number of hydrogen-bond acceptors (Lipinski definition) is 9. The number of nitro benzene ring substituents is 1. The highest BCUT2D eigenvalue weighted by Crippen LogP contribution is 2.45. The van der Waals surface area contributed by atoms with E-state index in [4.69, 9.17) is 14.2 Å². The average molecular weight is 540 g/mol. The maximum absolute atomic E-state index is 12.2. The van der Waals surface area contributed by atoms with Crippen LogP contribution in [0.25, 0.3) is 0 Å². The van der Waals surface area contributed by atoms with Crippen LogP contribution in [0.15, 0.2) is 71.8 Å². The van der Waals surface area contributed by atoms with E-state index < -0.39 is 10.8 Å². The van der Waals surface area contributed by atoms with Crippen molar-refractivity contribution in [1.82, 2.24) is 5.43 Å². The van der Waals surface area contributed by atoms with Crippen molar-refractivity contribution >= 4 is 41.3 Å². The smallest absolute Gasteiger partial charge is 0.282 e. The molecule has 0 saturated carbocycles. The molecule has 3 aromatic rings. The number of carbonyl (C=O) groups excluding carboxylic acids is 1. The first-order valence-corrected chi connectivity index (χ1v) is 13.4. The Morgan fingerprint density at radius 1 is 1.08 bits per heavy atom. The number of nitrogens with zero attached hydrogens (tertiary/aromatic N) is 2.